The Balaban J connectivity index is 2.09. The molecule has 1 aliphatic carbocycles. The molecule has 0 heterocycles. The SMILES string of the molecule is CC1(c2cccc3ccccc23)C=c2ccccc2=C1[CH2][Zr]. The summed E-state index contributed by atoms with van der Waals surface area (Å²) in [4.78, 5) is 0. The van der Waals surface area contributed by atoms with Gasteiger partial charge in [0.2, 0.25) is 0 Å². The molecule has 0 amide bonds. The van der Waals surface area contributed by atoms with E-state index in [1.807, 2.05) is 0 Å². The molecule has 105 valence electrons. The van der Waals surface area contributed by atoms with E-state index in [0.717, 1.165) is 0 Å². The van der Waals surface area contributed by atoms with Crippen molar-refractivity contribution in [1.82, 2.24) is 0 Å². The second-order valence-electron chi connectivity index (χ2n) is 6.12. The van der Waals surface area contributed by atoms with Crippen LogP contribution in [0.1, 0.15) is 12.5 Å². The average molecular weight is 361 g/mol. The Morgan fingerprint density at radius 3 is 2.45 bits per heavy atom. The van der Waals surface area contributed by atoms with Crippen LogP contribution in [0.4, 0.5) is 0 Å². The van der Waals surface area contributed by atoms with Gasteiger partial charge in [0, 0.05) is 0 Å². The summed E-state index contributed by atoms with van der Waals surface area (Å²) in [5.74, 6) is 0. The average Bonchev–Trinajstić information content (AvgIpc) is 2.86. The molecule has 0 spiro atoms. The second kappa shape index (κ2) is 5.32. The third-order valence-electron chi connectivity index (χ3n) is 4.88. The topological polar surface area (TPSA) is 0 Å². The van der Waals surface area contributed by atoms with Crippen molar-refractivity contribution in [2.24, 2.45) is 0 Å². The predicted octanol–water partition coefficient (Wildman–Crippen LogP) is 3.71. The summed E-state index contributed by atoms with van der Waals surface area (Å²) >= 11 is 1.57. The fourth-order valence-electron chi connectivity index (χ4n) is 3.77. The van der Waals surface area contributed by atoms with Gasteiger partial charge < -0.3 is 0 Å². The van der Waals surface area contributed by atoms with Crippen molar-refractivity contribution in [3.8, 4) is 0 Å². The van der Waals surface area contributed by atoms with Crippen LogP contribution < -0.4 is 10.4 Å². The van der Waals surface area contributed by atoms with Crippen LogP contribution in [0.25, 0.3) is 22.4 Å². The molecular weight excluding hydrogens is 343 g/mol. The molecule has 0 nitrogen and oxygen atoms in total. The van der Waals surface area contributed by atoms with E-state index in [-0.39, 0.29) is 5.41 Å². The first-order chi connectivity index (χ1) is 10.7. The van der Waals surface area contributed by atoms with Gasteiger partial charge in [-0.1, -0.05) is 0 Å². The normalized spacial score (nSPS) is 19.9. The monoisotopic (exact) mass is 359 g/mol. The molecule has 0 bridgehead atoms. The molecule has 0 N–H and O–H groups in total. The van der Waals surface area contributed by atoms with E-state index in [4.69, 9.17) is 0 Å². The van der Waals surface area contributed by atoms with Crippen molar-refractivity contribution in [2.45, 2.75) is 16.5 Å². The maximum atomic E-state index is 2.46. The summed E-state index contributed by atoms with van der Waals surface area (Å²) in [6, 6.07) is 24.3. The number of fused-ring (bicyclic) bond motifs is 2. The summed E-state index contributed by atoms with van der Waals surface area (Å²) in [7, 11) is 0. The van der Waals surface area contributed by atoms with Crippen LogP contribution in [0, 0.1) is 0 Å². The van der Waals surface area contributed by atoms with Crippen LogP contribution in [-0.4, -0.2) is 0 Å². The third kappa shape index (κ3) is 1.99. The van der Waals surface area contributed by atoms with Crippen LogP contribution in [0.15, 0.2) is 66.7 Å². The van der Waals surface area contributed by atoms with Gasteiger partial charge in [0.25, 0.3) is 0 Å². The minimum absolute atomic E-state index is 0.00792. The molecule has 0 radical (unpaired) electrons. The van der Waals surface area contributed by atoms with Gasteiger partial charge in [-0.3, -0.25) is 0 Å². The van der Waals surface area contributed by atoms with Crippen molar-refractivity contribution in [2.75, 3.05) is 0 Å². The van der Waals surface area contributed by atoms with Gasteiger partial charge in [-0.15, -0.1) is 0 Å². The minimum atomic E-state index is 0.00792. The Labute approximate surface area is 146 Å². The van der Waals surface area contributed by atoms with Gasteiger partial charge in [-0.05, 0) is 0 Å². The molecule has 4 rings (SSSR count). The first kappa shape index (κ1) is 14.2. The van der Waals surface area contributed by atoms with Crippen molar-refractivity contribution >= 4 is 22.4 Å². The number of rotatable bonds is 2. The third-order valence-corrected chi connectivity index (χ3v) is 5.75. The predicted molar refractivity (Wildman–Crippen MR) is 89.7 cm³/mol. The Bertz CT molecular complexity index is 979. The zero-order valence-electron chi connectivity index (χ0n) is 12.6. The van der Waals surface area contributed by atoms with E-state index >= 15 is 0 Å². The molecular formula is C21H17Zr. The van der Waals surface area contributed by atoms with Crippen molar-refractivity contribution in [3.63, 3.8) is 0 Å². The molecule has 0 aliphatic heterocycles. The van der Waals surface area contributed by atoms with Crippen LogP contribution in [-0.2, 0) is 30.1 Å². The molecule has 1 aliphatic rings. The van der Waals surface area contributed by atoms with Gasteiger partial charge in [-0.2, -0.15) is 0 Å². The summed E-state index contributed by atoms with van der Waals surface area (Å²) < 4.78 is 1.17. The zero-order chi connectivity index (χ0) is 15.2. The van der Waals surface area contributed by atoms with Crippen LogP contribution >= 0.6 is 0 Å². The summed E-state index contributed by atoms with van der Waals surface area (Å²) in [6.45, 7) is 2.38. The van der Waals surface area contributed by atoms with E-state index in [1.165, 1.54) is 30.9 Å². The van der Waals surface area contributed by atoms with E-state index < -0.39 is 0 Å². The van der Waals surface area contributed by atoms with Gasteiger partial charge in [0.05, 0.1) is 0 Å². The molecule has 0 saturated heterocycles. The fourth-order valence-corrected chi connectivity index (χ4v) is 5.14. The molecule has 3 aromatic rings. The molecule has 22 heavy (non-hydrogen) atoms. The molecule has 1 atom stereocenters. The quantitative estimate of drug-likeness (QED) is 0.654. The number of hydrogen-bond acceptors (Lipinski definition) is 0. The van der Waals surface area contributed by atoms with Gasteiger partial charge >= 0.3 is 146 Å². The van der Waals surface area contributed by atoms with E-state index in [2.05, 4.69) is 79.7 Å². The van der Waals surface area contributed by atoms with Gasteiger partial charge in [0.15, 0.2) is 0 Å². The molecule has 1 heteroatoms. The van der Waals surface area contributed by atoms with Crippen molar-refractivity contribution < 1.29 is 24.7 Å². The van der Waals surface area contributed by atoms with Crippen molar-refractivity contribution in [3.05, 3.63) is 82.7 Å². The summed E-state index contributed by atoms with van der Waals surface area (Å²) in [5.41, 5.74) is 3.01. The molecule has 0 saturated carbocycles. The molecule has 1 unspecified atom stereocenters. The molecule has 0 aromatic heterocycles. The second-order valence-corrected chi connectivity index (χ2v) is 6.99. The number of benzene rings is 3. The van der Waals surface area contributed by atoms with E-state index in [9.17, 15) is 0 Å². The zero-order valence-corrected chi connectivity index (χ0v) is 15.1. The van der Waals surface area contributed by atoms with E-state index in [0.29, 0.717) is 0 Å². The Morgan fingerprint density at radius 1 is 0.864 bits per heavy atom. The Kier molecular flexibility index (Phi) is 3.42. The van der Waals surface area contributed by atoms with Crippen molar-refractivity contribution in [1.29, 1.82) is 0 Å². The summed E-state index contributed by atoms with van der Waals surface area (Å²) in [6.07, 6.45) is 2.46. The van der Waals surface area contributed by atoms with Crippen LogP contribution in [0.2, 0.25) is 4.13 Å². The molecule has 3 aromatic carbocycles. The first-order valence-corrected chi connectivity index (χ1v) is 9.42. The Hall–Kier alpha value is -1.46. The molecule has 0 fully saturated rings. The fraction of sp³-hybridized carbons (Fsp3) is 0.143. The number of hydrogen-bond donors (Lipinski definition) is 0. The van der Waals surface area contributed by atoms with Crippen LogP contribution in [0.5, 0.6) is 0 Å². The summed E-state index contributed by atoms with van der Waals surface area (Å²) in [5, 5.41) is 5.53. The van der Waals surface area contributed by atoms with E-state index in [1.54, 1.807) is 30.3 Å². The van der Waals surface area contributed by atoms with Gasteiger partial charge in [-0.25, -0.2) is 0 Å². The van der Waals surface area contributed by atoms with Gasteiger partial charge in [0.1, 0.15) is 0 Å². The Morgan fingerprint density at radius 2 is 1.59 bits per heavy atom. The van der Waals surface area contributed by atoms with Crippen LogP contribution in [0.3, 0.4) is 0 Å². The standard InChI is InChI=1S/C21H17.Zr/c1-15-18-11-5-4-9-17(18)14-21(15,2)20-13-7-10-16-8-3-6-12-19(16)20;/h3-14H,1H2,2H3;. The maximum absolute atomic E-state index is 2.46. The first-order valence-electron chi connectivity index (χ1n) is 7.68.